The first-order chi connectivity index (χ1) is 11.3. The van der Waals surface area contributed by atoms with E-state index in [-0.39, 0.29) is 0 Å². The fourth-order valence-electron chi connectivity index (χ4n) is 2.27. The highest BCUT2D eigenvalue weighted by Gasteiger charge is 2.11. The first-order valence-corrected chi connectivity index (χ1v) is 7.87. The first kappa shape index (κ1) is 16.8. The Balaban J connectivity index is 1.83. The van der Waals surface area contributed by atoms with Crippen molar-refractivity contribution in [2.75, 3.05) is 13.7 Å². The van der Waals surface area contributed by atoms with Crippen LogP contribution in [0.5, 0.6) is 11.5 Å². The summed E-state index contributed by atoms with van der Waals surface area (Å²) in [6.07, 6.45) is 3.76. The minimum Gasteiger partial charge on any atom is -0.497 e. The fraction of sp³-hybridized carbons (Fsp3) is 0.471. The van der Waals surface area contributed by atoms with Gasteiger partial charge in [-0.3, -0.25) is 0 Å². The van der Waals surface area contributed by atoms with Crippen molar-refractivity contribution in [1.82, 2.24) is 15.0 Å². The van der Waals surface area contributed by atoms with E-state index in [4.69, 9.17) is 14.7 Å². The minimum absolute atomic E-state index is 0.439. The van der Waals surface area contributed by atoms with Crippen LogP contribution < -0.4 is 9.47 Å². The van der Waals surface area contributed by atoms with Gasteiger partial charge in [0.2, 0.25) is 0 Å². The summed E-state index contributed by atoms with van der Waals surface area (Å²) < 4.78 is 12.6. The summed E-state index contributed by atoms with van der Waals surface area (Å²) in [5.41, 5.74) is 1.37. The average molecular weight is 314 g/mol. The Kier molecular flexibility index (Phi) is 6.42. The van der Waals surface area contributed by atoms with Gasteiger partial charge in [-0.15, -0.1) is 5.10 Å². The Hall–Kier alpha value is -2.55. The third-order valence-electron chi connectivity index (χ3n) is 3.55. The van der Waals surface area contributed by atoms with Gasteiger partial charge in [-0.25, -0.2) is 4.68 Å². The topological polar surface area (TPSA) is 73.0 Å². The lowest BCUT2D eigenvalue weighted by atomic mass is 10.1. The molecule has 122 valence electrons. The molecule has 0 bridgehead atoms. The van der Waals surface area contributed by atoms with Crippen molar-refractivity contribution in [3.8, 4) is 17.6 Å². The zero-order chi connectivity index (χ0) is 16.5. The summed E-state index contributed by atoms with van der Waals surface area (Å²) in [5, 5.41) is 17.1. The van der Waals surface area contributed by atoms with Gasteiger partial charge in [0.25, 0.3) is 0 Å². The van der Waals surface area contributed by atoms with E-state index in [0.717, 1.165) is 42.9 Å². The molecule has 0 saturated heterocycles. The highest BCUT2D eigenvalue weighted by Crippen LogP contribution is 2.17. The van der Waals surface area contributed by atoms with Gasteiger partial charge < -0.3 is 9.47 Å². The van der Waals surface area contributed by atoms with Crippen LogP contribution in [0.3, 0.4) is 0 Å². The van der Waals surface area contributed by atoms with E-state index in [2.05, 4.69) is 23.3 Å². The maximum atomic E-state index is 9.09. The Morgan fingerprint density at radius 2 is 1.91 bits per heavy atom. The van der Waals surface area contributed by atoms with Crippen LogP contribution in [0.1, 0.15) is 37.6 Å². The molecule has 23 heavy (non-hydrogen) atoms. The molecule has 6 nitrogen and oxygen atoms in total. The fourth-order valence-corrected chi connectivity index (χ4v) is 2.27. The largest absolute Gasteiger partial charge is 0.497 e. The van der Waals surface area contributed by atoms with Gasteiger partial charge in [0.1, 0.15) is 17.6 Å². The van der Waals surface area contributed by atoms with Crippen molar-refractivity contribution in [3.05, 3.63) is 35.7 Å². The Labute approximate surface area is 136 Å². The van der Waals surface area contributed by atoms with Gasteiger partial charge in [0.15, 0.2) is 5.69 Å². The lowest BCUT2D eigenvalue weighted by Gasteiger charge is -2.08. The van der Waals surface area contributed by atoms with Crippen LogP contribution in [0.25, 0.3) is 0 Å². The molecule has 1 aromatic heterocycles. The highest BCUT2D eigenvalue weighted by molar-refractivity contribution is 5.31. The number of aromatic nitrogens is 3. The number of methoxy groups -OCH3 is 1. The maximum Gasteiger partial charge on any atom is 0.185 e. The molecule has 0 N–H and O–H groups in total. The van der Waals surface area contributed by atoms with Crippen molar-refractivity contribution in [2.24, 2.45) is 0 Å². The number of benzene rings is 1. The van der Waals surface area contributed by atoms with Gasteiger partial charge in [-0.2, -0.15) is 5.26 Å². The Morgan fingerprint density at radius 1 is 1.17 bits per heavy atom. The van der Waals surface area contributed by atoms with Gasteiger partial charge >= 0.3 is 0 Å². The smallest absolute Gasteiger partial charge is 0.185 e. The lowest BCUT2D eigenvalue weighted by Crippen LogP contribution is -2.09. The molecular weight excluding hydrogens is 292 g/mol. The van der Waals surface area contributed by atoms with E-state index in [1.807, 2.05) is 28.9 Å². The molecule has 0 unspecified atom stereocenters. The van der Waals surface area contributed by atoms with Crippen molar-refractivity contribution in [3.63, 3.8) is 0 Å². The second-order valence-electron chi connectivity index (χ2n) is 5.20. The molecule has 2 rings (SSSR count). The van der Waals surface area contributed by atoms with Gasteiger partial charge in [0, 0.05) is 13.0 Å². The number of nitrogens with zero attached hydrogens (tertiary/aromatic N) is 4. The van der Waals surface area contributed by atoms with E-state index in [0.29, 0.717) is 18.8 Å². The number of ether oxygens (including phenoxy) is 2. The van der Waals surface area contributed by atoms with E-state index >= 15 is 0 Å². The molecule has 0 atom stereocenters. The molecule has 0 radical (unpaired) electrons. The SMILES string of the molecule is CCCCc1c(C#N)nnn1CCCOc1ccc(OC)cc1. The maximum absolute atomic E-state index is 9.09. The quantitative estimate of drug-likeness (QED) is 0.665. The molecule has 6 heteroatoms. The van der Waals surface area contributed by atoms with E-state index < -0.39 is 0 Å². The summed E-state index contributed by atoms with van der Waals surface area (Å²) in [5.74, 6) is 1.62. The van der Waals surface area contributed by atoms with Crippen LogP contribution in [0.15, 0.2) is 24.3 Å². The summed E-state index contributed by atoms with van der Waals surface area (Å²) in [4.78, 5) is 0. The number of rotatable bonds is 9. The zero-order valence-corrected chi connectivity index (χ0v) is 13.7. The number of nitriles is 1. The summed E-state index contributed by atoms with van der Waals surface area (Å²) in [7, 11) is 1.64. The number of unbranched alkanes of at least 4 members (excludes halogenated alkanes) is 1. The van der Waals surface area contributed by atoms with Crippen LogP contribution in [0, 0.1) is 11.3 Å². The summed E-state index contributed by atoms with van der Waals surface area (Å²) in [6, 6.07) is 9.62. The predicted octanol–water partition coefficient (Wildman–Crippen LogP) is 2.97. The second kappa shape index (κ2) is 8.79. The normalized spacial score (nSPS) is 10.3. The number of hydrogen-bond donors (Lipinski definition) is 0. The van der Waals surface area contributed by atoms with E-state index in [1.54, 1.807) is 7.11 Å². The van der Waals surface area contributed by atoms with Crippen molar-refractivity contribution < 1.29 is 9.47 Å². The summed E-state index contributed by atoms with van der Waals surface area (Å²) >= 11 is 0. The first-order valence-electron chi connectivity index (χ1n) is 7.87. The average Bonchev–Trinajstić information content (AvgIpc) is 2.99. The van der Waals surface area contributed by atoms with E-state index in [9.17, 15) is 0 Å². The molecule has 0 spiro atoms. The molecule has 0 amide bonds. The molecule has 0 aliphatic carbocycles. The van der Waals surface area contributed by atoms with Crippen LogP contribution in [0.2, 0.25) is 0 Å². The monoisotopic (exact) mass is 314 g/mol. The lowest BCUT2D eigenvalue weighted by molar-refractivity contribution is 0.296. The molecule has 2 aromatic rings. The van der Waals surface area contributed by atoms with Crippen LogP contribution in [-0.4, -0.2) is 28.7 Å². The van der Waals surface area contributed by atoms with Crippen LogP contribution >= 0.6 is 0 Å². The molecular formula is C17H22N4O2. The zero-order valence-electron chi connectivity index (χ0n) is 13.7. The third kappa shape index (κ3) is 4.71. The highest BCUT2D eigenvalue weighted by atomic mass is 16.5. The summed E-state index contributed by atoms with van der Waals surface area (Å²) in [6.45, 7) is 3.41. The predicted molar refractivity (Wildman–Crippen MR) is 86.5 cm³/mol. The molecule has 0 fully saturated rings. The number of aryl methyl sites for hydroxylation is 1. The number of hydrogen-bond acceptors (Lipinski definition) is 5. The molecule has 0 aliphatic rings. The van der Waals surface area contributed by atoms with Gasteiger partial charge in [0.05, 0.1) is 19.4 Å². The van der Waals surface area contributed by atoms with Crippen LogP contribution in [0.4, 0.5) is 0 Å². The van der Waals surface area contributed by atoms with Gasteiger partial charge in [-0.1, -0.05) is 18.6 Å². The van der Waals surface area contributed by atoms with Gasteiger partial charge in [-0.05, 0) is 37.1 Å². The van der Waals surface area contributed by atoms with Crippen LogP contribution in [-0.2, 0) is 13.0 Å². The standard InChI is InChI=1S/C17H22N4O2/c1-3-4-6-17-16(13-18)19-20-21(17)11-5-12-23-15-9-7-14(22-2)8-10-15/h7-10H,3-6,11-12H2,1-2H3. The van der Waals surface area contributed by atoms with Crippen molar-refractivity contribution >= 4 is 0 Å². The Bertz CT molecular complexity index is 644. The molecule has 0 aliphatic heterocycles. The Morgan fingerprint density at radius 3 is 2.57 bits per heavy atom. The molecule has 1 aromatic carbocycles. The second-order valence-corrected chi connectivity index (χ2v) is 5.20. The third-order valence-corrected chi connectivity index (χ3v) is 3.55. The van der Waals surface area contributed by atoms with Crippen molar-refractivity contribution in [1.29, 1.82) is 5.26 Å². The molecule has 0 saturated carbocycles. The van der Waals surface area contributed by atoms with E-state index in [1.165, 1.54) is 0 Å². The minimum atomic E-state index is 0.439. The van der Waals surface area contributed by atoms with Crippen molar-refractivity contribution in [2.45, 2.75) is 39.2 Å². The molecule has 1 heterocycles.